The van der Waals surface area contributed by atoms with Crippen LogP contribution in [0, 0.1) is 0 Å². The first-order valence-corrected chi connectivity index (χ1v) is 6.92. The number of nitrogens with zero attached hydrogens (tertiary/aromatic N) is 3. The van der Waals surface area contributed by atoms with Crippen molar-refractivity contribution in [2.24, 2.45) is 0 Å². The number of amides is 2. The summed E-state index contributed by atoms with van der Waals surface area (Å²) in [5.74, 6) is -0.115. The van der Waals surface area contributed by atoms with Crippen molar-refractivity contribution in [1.82, 2.24) is 20.0 Å². The molecule has 0 aliphatic carbocycles. The lowest BCUT2D eigenvalue weighted by atomic mass is 10.2. The SMILES string of the molecule is CCc1[nH]nc(C(=O)N2CCCN(C(C)=O)CC2)c1N. The molecule has 0 unspecified atom stereocenters. The van der Waals surface area contributed by atoms with Gasteiger partial charge in [0.15, 0.2) is 5.69 Å². The third kappa shape index (κ3) is 2.76. The zero-order valence-corrected chi connectivity index (χ0v) is 12.0. The molecule has 1 aromatic heterocycles. The number of nitrogen functional groups attached to an aromatic ring is 1. The van der Waals surface area contributed by atoms with Crippen LogP contribution in [-0.2, 0) is 11.2 Å². The maximum atomic E-state index is 12.4. The van der Waals surface area contributed by atoms with Gasteiger partial charge in [-0.15, -0.1) is 0 Å². The molecule has 2 rings (SSSR count). The van der Waals surface area contributed by atoms with Crippen molar-refractivity contribution >= 4 is 17.5 Å². The van der Waals surface area contributed by atoms with E-state index in [1.165, 1.54) is 0 Å². The molecular weight excluding hydrogens is 258 g/mol. The summed E-state index contributed by atoms with van der Waals surface area (Å²) in [5.41, 5.74) is 7.44. The van der Waals surface area contributed by atoms with Crippen LogP contribution in [0.3, 0.4) is 0 Å². The number of anilines is 1. The highest BCUT2D eigenvalue weighted by atomic mass is 16.2. The summed E-state index contributed by atoms with van der Waals surface area (Å²) in [6, 6.07) is 0. The molecule has 0 radical (unpaired) electrons. The second kappa shape index (κ2) is 5.94. The van der Waals surface area contributed by atoms with E-state index in [-0.39, 0.29) is 17.5 Å². The van der Waals surface area contributed by atoms with Gasteiger partial charge in [0.25, 0.3) is 5.91 Å². The molecule has 0 aromatic carbocycles. The van der Waals surface area contributed by atoms with E-state index >= 15 is 0 Å². The number of hydrogen-bond donors (Lipinski definition) is 2. The minimum absolute atomic E-state index is 0.0480. The molecule has 0 atom stereocenters. The maximum Gasteiger partial charge on any atom is 0.276 e. The van der Waals surface area contributed by atoms with Crippen LogP contribution in [0.15, 0.2) is 0 Å². The second-order valence-electron chi connectivity index (χ2n) is 4.97. The molecule has 1 saturated heterocycles. The van der Waals surface area contributed by atoms with Gasteiger partial charge in [-0.1, -0.05) is 6.92 Å². The van der Waals surface area contributed by atoms with Crippen molar-refractivity contribution in [3.63, 3.8) is 0 Å². The van der Waals surface area contributed by atoms with Crippen LogP contribution in [0.25, 0.3) is 0 Å². The van der Waals surface area contributed by atoms with Crippen molar-refractivity contribution in [3.8, 4) is 0 Å². The molecule has 0 bridgehead atoms. The zero-order chi connectivity index (χ0) is 14.7. The summed E-state index contributed by atoms with van der Waals surface area (Å²) in [4.78, 5) is 27.3. The molecule has 1 fully saturated rings. The molecule has 110 valence electrons. The summed E-state index contributed by atoms with van der Waals surface area (Å²) in [7, 11) is 0. The highest BCUT2D eigenvalue weighted by molar-refractivity contribution is 5.97. The first-order valence-electron chi connectivity index (χ1n) is 6.92. The minimum Gasteiger partial charge on any atom is -0.395 e. The Morgan fingerprint density at radius 3 is 2.50 bits per heavy atom. The molecule has 0 saturated carbocycles. The molecule has 2 amide bonds. The number of rotatable bonds is 2. The fourth-order valence-corrected chi connectivity index (χ4v) is 2.40. The van der Waals surface area contributed by atoms with Gasteiger partial charge in [0.1, 0.15) is 0 Å². The standard InChI is InChI=1S/C13H21N5O2/c1-3-10-11(14)12(16-15-10)13(20)18-6-4-5-17(7-8-18)9(2)19/h3-8,14H2,1-2H3,(H,15,16). The molecule has 3 N–H and O–H groups in total. The molecule has 2 heterocycles. The summed E-state index contributed by atoms with van der Waals surface area (Å²) in [6.45, 7) is 5.90. The zero-order valence-electron chi connectivity index (χ0n) is 12.0. The Balaban J connectivity index is 2.09. The molecule has 7 nitrogen and oxygen atoms in total. The molecule has 1 aliphatic heterocycles. The molecule has 0 spiro atoms. The first-order chi connectivity index (χ1) is 9.54. The van der Waals surface area contributed by atoms with Gasteiger partial charge in [-0.3, -0.25) is 14.7 Å². The Bertz CT molecular complexity index is 511. The van der Waals surface area contributed by atoms with Crippen LogP contribution in [0.2, 0.25) is 0 Å². The van der Waals surface area contributed by atoms with Gasteiger partial charge in [-0.2, -0.15) is 5.10 Å². The number of hydrogen-bond acceptors (Lipinski definition) is 4. The van der Waals surface area contributed by atoms with Crippen LogP contribution < -0.4 is 5.73 Å². The number of carbonyl (C=O) groups is 2. The molecule has 7 heteroatoms. The average Bonchev–Trinajstić information content (AvgIpc) is 2.65. The lowest BCUT2D eigenvalue weighted by Crippen LogP contribution is -2.36. The van der Waals surface area contributed by atoms with Gasteiger partial charge in [-0.05, 0) is 12.8 Å². The van der Waals surface area contributed by atoms with Crippen molar-refractivity contribution in [1.29, 1.82) is 0 Å². The topological polar surface area (TPSA) is 95.3 Å². The normalized spacial score (nSPS) is 16.1. The van der Waals surface area contributed by atoms with E-state index in [0.29, 0.717) is 38.3 Å². The number of nitrogens with two attached hydrogens (primary N) is 1. The van der Waals surface area contributed by atoms with Crippen molar-refractivity contribution < 1.29 is 9.59 Å². The van der Waals surface area contributed by atoms with Crippen LogP contribution in [-0.4, -0.2) is 58.0 Å². The van der Waals surface area contributed by atoms with Gasteiger partial charge in [0.05, 0.1) is 11.4 Å². The Morgan fingerprint density at radius 1 is 1.25 bits per heavy atom. The number of carbonyl (C=O) groups excluding carboxylic acids is 2. The van der Waals surface area contributed by atoms with E-state index in [4.69, 9.17) is 5.73 Å². The Labute approximate surface area is 118 Å². The Morgan fingerprint density at radius 2 is 1.90 bits per heavy atom. The van der Waals surface area contributed by atoms with Crippen molar-refractivity contribution in [2.75, 3.05) is 31.9 Å². The molecule has 1 aromatic rings. The summed E-state index contributed by atoms with van der Waals surface area (Å²) in [5, 5.41) is 6.82. The van der Waals surface area contributed by atoms with Gasteiger partial charge in [0, 0.05) is 33.1 Å². The quantitative estimate of drug-likeness (QED) is 0.811. The predicted molar refractivity (Wildman–Crippen MR) is 75.2 cm³/mol. The highest BCUT2D eigenvalue weighted by Crippen LogP contribution is 2.17. The Kier molecular flexibility index (Phi) is 4.26. The predicted octanol–water partition coefficient (Wildman–Crippen LogP) is 0.249. The molecule has 20 heavy (non-hydrogen) atoms. The van der Waals surface area contributed by atoms with Gasteiger partial charge < -0.3 is 15.5 Å². The van der Waals surface area contributed by atoms with E-state index in [1.54, 1.807) is 16.7 Å². The van der Waals surface area contributed by atoms with Crippen LogP contribution in [0.1, 0.15) is 36.5 Å². The largest absolute Gasteiger partial charge is 0.395 e. The number of aromatic nitrogens is 2. The van der Waals surface area contributed by atoms with E-state index in [1.807, 2.05) is 6.92 Å². The van der Waals surface area contributed by atoms with Crippen LogP contribution in [0.4, 0.5) is 5.69 Å². The lowest BCUT2D eigenvalue weighted by Gasteiger charge is -2.20. The lowest BCUT2D eigenvalue weighted by molar-refractivity contribution is -0.128. The minimum atomic E-state index is -0.163. The van der Waals surface area contributed by atoms with Crippen molar-refractivity contribution in [3.05, 3.63) is 11.4 Å². The van der Waals surface area contributed by atoms with E-state index in [2.05, 4.69) is 10.2 Å². The van der Waals surface area contributed by atoms with E-state index in [0.717, 1.165) is 12.1 Å². The average molecular weight is 279 g/mol. The summed E-state index contributed by atoms with van der Waals surface area (Å²) in [6.07, 6.45) is 1.49. The van der Waals surface area contributed by atoms with Gasteiger partial charge >= 0.3 is 0 Å². The van der Waals surface area contributed by atoms with E-state index < -0.39 is 0 Å². The number of nitrogens with one attached hydrogen (secondary N) is 1. The van der Waals surface area contributed by atoms with Crippen molar-refractivity contribution in [2.45, 2.75) is 26.7 Å². The van der Waals surface area contributed by atoms with Crippen LogP contribution >= 0.6 is 0 Å². The fourth-order valence-electron chi connectivity index (χ4n) is 2.40. The summed E-state index contributed by atoms with van der Waals surface area (Å²) < 4.78 is 0. The summed E-state index contributed by atoms with van der Waals surface area (Å²) >= 11 is 0. The molecule has 1 aliphatic rings. The highest BCUT2D eigenvalue weighted by Gasteiger charge is 2.25. The van der Waals surface area contributed by atoms with Gasteiger partial charge in [-0.25, -0.2) is 0 Å². The number of aromatic amines is 1. The third-order valence-electron chi connectivity index (χ3n) is 3.67. The monoisotopic (exact) mass is 279 g/mol. The molecular formula is C13H21N5O2. The third-order valence-corrected chi connectivity index (χ3v) is 3.67. The number of H-pyrrole nitrogens is 1. The van der Waals surface area contributed by atoms with Crippen LogP contribution in [0.5, 0.6) is 0 Å². The van der Waals surface area contributed by atoms with E-state index in [9.17, 15) is 9.59 Å². The second-order valence-corrected chi connectivity index (χ2v) is 4.97. The maximum absolute atomic E-state index is 12.4. The number of aryl methyl sites for hydroxylation is 1. The van der Waals surface area contributed by atoms with Gasteiger partial charge in [0.2, 0.25) is 5.91 Å². The first kappa shape index (κ1) is 14.4. The Hall–Kier alpha value is -2.05. The smallest absolute Gasteiger partial charge is 0.276 e. The fraction of sp³-hybridized carbons (Fsp3) is 0.615.